The fraction of sp³-hybridized carbons (Fsp3) is 0.350. The van der Waals surface area contributed by atoms with E-state index in [4.69, 9.17) is 16.3 Å². The van der Waals surface area contributed by atoms with Gasteiger partial charge in [-0.25, -0.2) is 0 Å². The van der Waals surface area contributed by atoms with Gasteiger partial charge in [0.05, 0.1) is 5.02 Å². The summed E-state index contributed by atoms with van der Waals surface area (Å²) in [6.07, 6.45) is -0.553. The molecule has 0 radical (unpaired) electrons. The summed E-state index contributed by atoms with van der Waals surface area (Å²) in [5.74, 6) is 0.565. The number of halogens is 1. The third-order valence-corrected chi connectivity index (χ3v) is 4.76. The summed E-state index contributed by atoms with van der Waals surface area (Å²) in [7, 11) is 0. The van der Waals surface area contributed by atoms with Crippen LogP contribution in [0.5, 0.6) is 5.75 Å². The van der Waals surface area contributed by atoms with Crippen molar-refractivity contribution in [2.75, 3.05) is 31.1 Å². The zero-order valence-electron chi connectivity index (χ0n) is 14.6. The van der Waals surface area contributed by atoms with Crippen LogP contribution in [0.15, 0.2) is 48.5 Å². The van der Waals surface area contributed by atoms with E-state index < -0.39 is 6.10 Å². The van der Waals surface area contributed by atoms with E-state index in [0.29, 0.717) is 23.9 Å². The number of benzene rings is 2. The first kappa shape index (κ1) is 17.6. The lowest BCUT2D eigenvalue weighted by Gasteiger charge is -2.37. The molecular weight excluding hydrogens is 336 g/mol. The topological polar surface area (TPSA) is 32.8 Å². The molecular formula is C20H23ClN2O2. The van der Waals surface area contributed by atoms with E-state index >= 15 is 0 Å². The number of rotatable bonds is 4. The Bertz CT molecular complexity index is 728. The summed E-state index contributed by atoms with van der Waals surface area (Å²) >= 11 is 6.16. The second-order valence-corrected chi connectivity index (χ2v) is 6.75. The number of para-hydroxylation sites is 1. The fourth-order valence-corrected chi connectivity index (χ4v) is 3.18. The molecule has 0 saturated carbocycles. The van der Waals surface area contributed by atoms with Gasteiger partial charge in [-0.05, 0) is 43.7 Å². The minimum absolute atomic E-state index is 0.00489. The number of amides is 1. The number of aryl methyl sites for hydroxylation is 1. The summed E-state index contributed by atoms with van der Waals surface area (Å²) in [5, 5.41) is 0.527. The average molecular weight is 359 g/mol. The van der Waals surface area contributed by atoms with Gasteiger partial charge in [-0.1, -0.05) is 35.9 Å². The zero-order valence-corrected chi connectivity index (χ0v) is 15.4. The van der Waals surface area contributed by atoms with Gasteiger partial charge in [0.1, 0.15) is 5.75 Å². The minimum atomic E-state index is -0.553. The molecule has 1 amide bonds. The number of nitrogens with zero attached hydrogens (tertiary/aromatic N) is 2. The Balaban J connectivity index is 1.57. The van der Waals surface area contributed by atoms with Gasteiger partial charge < -0.3 is 14.5 Å². The number of hydrogen-bond acceptors (Lipinski definition) is 3. The van der Waals surface area contributed by atoms with Crippen molar-refractivity contribution >= 4 is 23.2 Å². The third-order valence-electron chi connectivity index (χ3n) is 4.45. The number of hydrogen-bond donors (Lipinski definition) is 0. The molecule has 1 fully saturated rings. The van der Waals surface area contributed by atoms with Crippen molar-refractivity contribution in [3.63, 3.8) is 0 Å². The van der Waals surface area contributed by atoms with Crippen molar-refractivity contribution in [2.45, 2.75) is 20.0 Å². The van der Waals surface area contributed by atoms with Gasteiger partial charge in [0.25, 0.3) is 5.91 Å². The highest BCUT2D eigenvalue weighted by atomic mass is 35.5. The lowest BCUT2D eigenvalue weighted by molar-refractivity contribution is -0.138. The van der Waals surface area contributed by atoms with E-state index in [1.165, 1.54) is 5.69 Å². The van der Waals surface area contributed by atoms with E-state index in [1.807, 2.05) is 42.2 Å². The van der Waals surface area contributed by atoms with Crippen LogP contribution in [0.2, 0.25) is 5.02 Å². The standard InChI is InChI=1S/C20H23ClN2O2/c1-15-8-9-18(21)19(14-15)25-16(2)20(24)23-12-10-22(11-13-23)17-6-4-3-5-7-17/h3-9,14,16H,10-13H2,1-2H3. The Morgan fingerprint density at radius 2 is 1.76 bits per heavy atom. The molecule has 1 heterocycles. The lowest BCUT2D eigenvalue weighted by Crippen LogP contribution is -2.52. The van der Waals surface area contributed by atoms with Crippen LogP contribution in [-0.2, 0) is 4.79 Å². The maximum Gasteiger partial charge on any atom is 0.263 e. The molecule has 1 aliphatic heterocycles. The van der Waals surface area contributed by atoms with Crippen molar-refractivity contribution in [1.29, 1.82) is 0 Å². The molecule has 25 heavy (non-hydrogen) atoms. The van der Waals surface area contributed by atoms with E-state index in [9.17, 15) is 4.79 Å². The highest BCUT2D eigenvalue weighted by molar-refractivity contribution is 6.32. The first-order chi connectivity index (χ1) is 12.0. The Hall–Kier alpha value is -2.20. The largest absolute Gasteiger partial charge is 0.479 e. The normalized spacial score (nSPS) is 15.8. The van der Waals surface area contributed by atoms with Crippen molar-refractivity contribution in [2.24, 2.45) is 0 Å². The van der Waals surface area contributed by atoms with E-state index in [1.54, 1.807) is 13.0 Å². The van der Waals surface area contributed by atoms with Gasteiger partial charge in [0.2, 0.25) is 0 Å². The molecule has 1 aliphatic rings. The van der Waals surface area contributed by atoms with Crippen LogP contribution in [0.1, 0.15) is 12.5 Å². The van der Waals surface area contributed by atoms with Crippen LogP contribution >= 0.6 is 11.6 Å². The Morgan fingerprint density at radius 3 is 2.44 bits per heavy atom. The summed E-state index contributed by atoms with van der Waals surface area (Å²) in [6, 6.07) is 15.9. The van der Waals surface area contributed by atoms with Crippen molar-refractivity contribution < 1.29 is 9.53 Å². The van der Waals surface area contributed by atoms with E-state index in [-0.39, 0.29) is 5.91 Å². The molecule has 0 bridgehead atoms. The van der Waals surface area contributed by atoms with Gasteiger partial charge in [-0.15, -0.1) is 0 Å². The van der Waals surface area contributed by atoms with Crippen molar-refractivity contribution in [3.05, 3.63) is 59.1 Å². The Labute approximate surface area is 154 Å². The van der Waals surface area contributed by atoms with Gasteiger partial charge in [0, 0.05) is 31.9 Å². The van der Waals surface area contributed by atoms with Crippen LogP contribution in [0.25, 0.3) is 0 Å². The molecule has 1 unspecified atom stereocenters. The SMILES string of the molecule is Cc1ccc(Cl)c(OC(C)C(=O)N2CCN(c3ccccc3)CC2)c1. The first-order valence-electron chi connectivity index (χ1n) is 8.56. The van der Waals surface area contributed by atoms with Crippen molar-refractivity contribution in [1.82, 2.24) is 4.90 Å². The molecule has 2 aromatic rings. The molecule has 3 rings (SSSR count). The highest BCUT2D eigenvalue weighted by Gasteiger charge is 2.26. The predicted molar refractivity (Wildman–Crippen MR) is 102 cm³/mol. The number of carbonyl (C=O) groups is 1. The van der Waals surface area contributed by atoms with Crippen LogP contribution in [0.3, 0.4) is 0 Å². The summed E-state index contributed by atoms with van der Waals surface area (Å²) in [5.41, 5.74) is 2.25. The predicted octanol–water partition coefficient (Wildman–Crippen LogP) is 3.76. The van der Waals surface area contributed by atoms with Crippen LogP contribution in [0.4, 0.5) is 5.69 Å². The summed E-state index contributed by atoms with van der Waals surface area (Å²) in [4.78, 5) is 16.8. The molecule has 1 saturated heterocycles. The molecule has 0 spiro atoms. The van der Waals surface area contributed by atoms with E-state index in [0.717, 1.165) is 18.7 Å². The van der Waals surface area contributed by atoms with Crippen molar-refractivity contribution in [3.8, 4) is 5.75 Å². The molecule has 0 aliphatic carbocycles. The number of carbonyl (C=O) groups excluding carboxylic acids is 1. The Kier molecular flexibility index (Phi) is 5.49. The maximum absolute atomic E-state index is 12.7. The monoisotopic (exact) mass is 358 g/mol. The van der Waals surface area contributed by atoms with Crippen LogP contribution < -0.4 is 9.64 Å². The highest BCUT2D eigenvalue weighted by Crippen LogP contribution is 2.26. The van der Waals surface area contributed by atoms with Gasteiger partial charge >= 0.3 is 0 Å². The molecule has 1 atom stereocenters. The number of anilines is 1. The molecule has 132 valence electrons. The zero-order chi connectivity index (χ0) is 17.8. The molecule has 2 aromatic carbocycles. The molecule has 0 aromatic heterocycles. The van der Waals surface area contributed by atoms with Crippen LogP contribution in [-0.4, -0.2) is 43.1 Å². The molecule has 4 nitrogen and oxygen atoms in total. The number of ether oxygens (including phenoxy) is 1. The summed E-state index contributed by atoms with van der Waals surface area (Å²) in [6.45, 7) is 6.80. The average Bonchev–Trinajstić information content (AvgIpc) is 2.65. The quantitative estimate of drug-likeness (QED) is 0.834. The lowest BCUT2D eigenvalue weighted by atomic mass is 10.2. The third kappa shape index (κ3) is 4.26. The molecule has 5 heteroatoms. The second kappa shape index (κ2) is 7.79. The Morgan fingerprint density at radius 1 is 1.08 bits per heavy atom. The first-order valence-corrected chi connectivity index (χ1v) is 8.94. The van der Waals surface area contributed by atoms with Gasteiger partial charge in [-0.3, -0.25) is 4.79 Å². The second-order valence-electron chi connectivity index (χ2n) is 6.34. The summed E-state index contributed by atoms with van der Waals surface area (Å²) < 4.78 is 5.82. The van der Waals surface area contributed by atoms with Gasteiger partial charge in [-0.2, -0.15) is 0 Å². The van der Waals surface area contributed by atoms with Crippen LogP contribution in [0, 0.1) is 6.92 Å². The molecule has 0 N–H and O–H groups in total. The number of piperazine rings is 1. The van der Waals surface area contributed by atoms with Gasteiger partial charge in [0.15, 0.2) is 6.10 Å². The smallest absolute Gasteiger partial charge is 0.263 e. The fourth-order valence-electron chi connectivity index (χ4n) is 3.02. The maximum atomic E-state index is 12.7. The minimum Gasteiger partial charge on any atom is -0.479 e. The van der Waals surface area contributed by atoms with E-state index in [2.05, 4.69) is 17.0 Å².